The molecule has 4 heteroatoms. The molecule has 0 spiro atoms. The number of aromatic carboxylic acids is 1. The zero-order chi connectivity index (χ0) is 15.4. The molecule has 0 bridgehead atoms. The van der Waals surface area contributed by atoms with Crippen LogP contribution in [0, 0.1) is 10.8 Å². The van der Waals surface area contributed by atoms with E-state index in [1.54, 1.807) is 12.1 Å². The number of hydrogen-bond donors (Lipinski definition) is 2. The van der Waals surface area contributed by atoms with Crippen LogP contribution < -0.4 is 5.32 Å². The van der Waals surface area contributed by atoms with Gasteiger partial charge in [0.15, 0.2) is 0 Å². The summed E-state index contributed by atoms with van der Waals surface area (Å²) in [5, 5.41) is 13.6. The monoisotopic (exact) mass is 287 g/mol. The number of fused-ring (bicyclic) bond motifs is 1. The first kappa shape index (κ1) is 14.1. The first-order valence-corrected chi connectivity index (χ1v) is 7.24. The van der Waals surface area contributed by atoms with Crippen molar-refractivity contribution in [3.8, 4) is 0 Å². The predicted molar refractivity (Wildman–Crippen MR) is 81.4 cm³/mol. The molecular weight excluding hydrogens is 266 g/mol. The maximum Gasteiger partial charge on any atom is 0.339 e. The van der Waals surface area contributed by atoms with E-state index in [2.05, 4.69) is 33.0 Å². The van der Waals surface area contributed by atoms with Crippen molar-refractivity contribution in [1.82, 2.24) is 5.32 Å². The molecule has 1 fully saturated rings. The molecule has 21 heavy (non-hydrogen) atoms. The van der Waals surface area contributed by atoms with Crippen LogP contribution in [0.3, 0.4) is 0 Å². The Labute approximate surface area is 124 Å². The molecule has 1 aromatic carbocycles. The van der Waals surface area contributed by atoms with E-state index in [9.17, 15) is 9.90 Å². The molecule has 1 aliphatic carbocycles. The highest BCUT2D eigenvalue weighted by Gasteiger charge is 2.64. The fraction of sp³-hybridized carbons (Fsp3) is 0.471. The normalized spacial score (nSPS) is 19.8. The molecule has 1 heterocycles. The minimum absolute atomic E-state index is 0.211. The molecule has 1 aromatic heterocycles. The molecule has 112 valence electrons. The van der Waals surface area contributed by atoms with Crippen LogP contribution in [0.25, 0.3) is 11.0 Å². The van der Waals surface area contributed by atoms with E-state index in [0.29, 0.717) is 29.3 Å². The van der Waals surface area contributed by atoms with Crippen LogP contribution in [-0.2, 0) is 6.54 Å². The topological polar surface area (TPSA) is 62.5 Å². The summed E-state index contributed by atoms with van der Waals surface area (Å²) in [7, 11) is 0. The highest BCUT2D eigenvalue weighted by molar-refractivity contribution is 6.03. The summed E-state index contributed by atoms with van der Waals surface area (Å²) in [6, 6.07) is 7.63. The predicted octanol–water partition coefficient (Wildman–Crippen LogP) is 3.66. The van der Waals surface area contributed by atoms with Crippen molar-refractivity contribution in [1.29, 1.82) is 0 Å². The lowest BCUT2D eigenvalue weighted by Gasteiger charge is -2.05. The van der Waals surface area contributed by atoms with Gasteiger partial charge in [-0.05, 0) is 16.9 Å². The van der Waals surface area contributed by atoms with E-state index in [0.717, 1.165) is 0 Å². The number of benzene rings is 1. The molecule has 3 rings (SSSR count). The molecule has 4 nitrogen and oxygen atoms in total. The van der Waals surface area contributed by atoms with E-state index >= 15 is 0 Å². The summed E-state index contributed by atoms with van der Waals surface area (Å²) in [4.78, 5) is 11.5. The molecule has 1 aliphatic rings. The molecule has 0 atom stereocenters. The number of nitrogens with one attached hydrogen (secondary N) is 1. The van der Waals surface area contributed by atoms with E-state index < -0.39 is 5.97 Å². The van der Waals surface area contributed by atoms with Crippen LogP contribution in [0.5, 0.6) is 0 Å². The van der Waals surface area contributed by atoms with Gasteiger partial charge in [-0.3, -0.25) is 0 Å². The Morgan fingerprint density at radius 3 is 2.43 bits per heavy atom. The maximum atomic E-state index is 11.5. The number of para-hydroxylation sites is 1. The van der Waals surface area contributed by atoms with Crippen LogP contribution in [0.4, 0.5) is 0 Å². The third-order valence-corrected chi connectivity index (χ3v) is 5.37. The van der Waals surface area contributed by atoms with Gasteiger partial charge in [-0.25, -0.2) is 4.79 Å². The molecule has 2 aromatic rings. The number of carboxylic acids is 1. The molecule has 1 saturated carbocycles. The minimum Gasteiger partial charge on any atom is -0.478 e. The highest BCUT2D eigenvalue weighted by atomic mass is 16.4. The van der Waals surface area contributed by atoms with Gasteiger partial charge < -0.3 is 14.8 Å². The van der Waals surface area contributed by atoms with E-state index in [-0.39, 0.29) is 16.4 Å². The molecule has 2 N–H and O–H groups in total. The average Bonchev–Trinajstić information content (AvgIpc) is 2.72. The van der Waals surface area contributed by atoms with E-state index in [1.807, 2.05) is 12.1 Å². The number of furan rings is 1. The van der Waals surface area contributed by atoms with E-state index in [4.69, 9.17) is 4.42 Å². The van der Waals surface area contributed by atoms with Gasteiger partial charge in [0, 0.05) is 11.4 Å². The van der Waals surface area contributed by atoms with Gasteiger partial charge in [-0.1, -0.05) is 45.9 Å². The van der Waals surface area contributed by atoms with Gasteiger partial charge >= 0.3 is 5.97 Å². The summed E-state index contributed by atoms with van der Waals surface area (Å²) in [6.07, 6.45) is 0. The lowest BCUT2D eigenvalue weighted by atomic mass is 10.0. The smallest absolute Gasteiger partial charge is 0.339 e. The summed E-state index contributed by atoms with van der Waals surface area (Å²) in [6.45, 7) is 9.33. The molecule has 0 aliphatic heterocycles. The molecular formula is C17H21NO3. The average molecular weight is 287 g/mol. The molecule has 0 unspecified atom stereocenters. The molecule has 0 saturated heterocycles. The fourth-order valence-corrected chi connectivity index (χ4v) is 3.36. The lowest BCUT2D eigenvalue weighted by molar-refractivity contribution is 0.0696. The summed E-state index contributed by atoms with van der Waals surface area (Å²) >= 11 is 0. The Morgan fingerprint density at radius 2 is 1.86 bits per heavy atom. The van der Waals surface area contributed by atoms with Crippen LogP contribution >= 0.6 is 0 Å². The van der Waals surface area contributed by atoms with Crippen molar-refractivity contribution in [2.45, 2.75) is 40.3 Å². The van der Waals surface area contributed by atoms with Gasteiger partial charge in [0.1, 0.15) is 16.9 Å². The van der Waals surface area contributed by atoms with Gasteiger partial charge in [0.05, 0.1) is 6.54 Å². The Hall–Kier alpha value is -1.81. The quantitative estimate of drug-likeness (QED) is 0.901. The number of carbonyl (C=O) groups is 1. The largest absolute Gasteiger partial charge is 0.478 e. The van der Waals surface area contributed by atoms with Gasteiger partial charge in [0.25, 0.3) is 0 Å². The van der Waals surface area contributed by atoms with Crippen molar-refractivity contribution >= 4 is 16.9 Å². The maximum absolute atomic E-state index is 11.5. The lowest BCUT2D eigenvalue weighted by Crippen LogP contribution is -2.22. The molecule has 0 radical (unpaired) electrons. The number of hydrogen-bond acceptors (Lipinski definition) is 3. The van der Waals surface area contributed by atoms with Crippen molar-refractivity contribution in [3.05, 3.63) is 35.6 Å². The third kappa shape index (κ3) is 1.97. The van der Waals surface area contributed by atoms with Crippen LogP contribution in [0.1, 0.15) is 43.8 Å². The summed E-state index contributed by atoms with van der Waals surface area (Å²) in [5.41, 5.74) is 1.32. The van der Waals surface area contributed by atoms with Crippen LogP contribution in [0.15, 0.2) is 28.7 Å². The van der Waals surface area contributed by atoms with Gasteiger partial charge in [-0.2, -0.15) is 0 Å². The van der Waals surface area contributed by atoms with E-state index in [1.165, 1.54) is 0 Å². The zero-order valence-corrected chi connectivity index (χ0v) is 12.9. The summed E-state index contributed by atoms with van der Waals surface area (Å²) < 4.78 is 5.73. The second-order valence-electron chi connectivity index (χ2n) is 6.96. The minimum atomic E-state index is -0.939. The number of carboxylic acid groups (broad SMARTS) is 1. The second kappa shape index (κ2) is 4.34. The van der Waals surface area contributed by atoms with Crippen molar-refractivity contribution in [2.75, 3.05) is 0 Å². The Kier molecular flexibility index (Phi) is 2.92. The van der Waals surface area contributed by atoms with Crippen LogP contribution in [-0.4, -0.2) is 17.1 Å². The standard InChI is InChI=1S/C17H21NO3/c1-16(2)15(17(16,3)4)18-9-12-13(14(19)20)10-7-5-6-8-11(10)21-12/h5-8,15,18H,9H2,1-4H3,(H,19,20). The van der Waals surface area contributed by atoms with Gasteiger partial charge in [-0.15, -0.1) is 0 Å². The Balaban J connectivity index is 1.88. The van der Waals surface area contributed by atoms with Crippen LogP contribution in [0.2, 0.25) is 0 Å². The fourth-order valence-electron chi connectivity index (χ4n) is 3.36. The second-order valence-corrected chi connectivity index (χ2v) is 6.96. The van der Waals surface area contributed by atoms with Crippen molar-refractivity contribution in [3.63, 3.8) is 0 Å². The number of rotatable bonds is 4. The Morgan fingerprint density at radius 1 is 1.24 bits per heavy atom. The highest BCUT2D eigenvalue weighted by Crippen LogP contribution is 2.62. The first-order valence-electron chi connectivity index (χ1n) is 7.24. The third-order valence-electron chi connectivity index (χ3n) is 5.37. The zero-order valence-electron chi connectivity index (χ0n) is 12.9. The van der Waals surface area contributed by atoms with Crippen molar-refractivity contribution in [2.24, 2.45) is 10.8 Å². The van der Waals surface area contributed by atoms with Crippen molar-refractivity contribution < 1.29 is 14.3 Å². The molecule has 0 amide bonds. The first-order chi connectivity index (χ1) is 9.76. The summed E-state index contributed by atoms with van der Waals surface area (Å²) in [5.74, 6) is -0.437. The van der Waals surface area contributed by atoms with Gasteiger partial charge in [0.2, 0.25) is 0 Å². The SMILES string of the molecule is CC1(C)C(NCc2oc3ccccc3c2C(=O)O)C1(C)C. The Bertz CT molecular complexity index is 698.